The molecule has 1 heterocycles. The number of benzene rings is 1. The third-order valence-corrected chi connectivity index (χ3v) is 4.38. The van der Waals surface area contributed by atoms with Gasteiger partial charge in [-0.1, -0.05) is 24.3 Å². The van der Waals surface area contributed by atoms with Gasteiger partial charge in [0.25, 0.3) is 5.91 Å². The quantitative estimate of drug-likeness (QED) is 0.674. The molecule has 1 unspecified atom stereocenters. The van der Waals surface area contributed by atoms with Crippen LogP contribution in [0.5, 0.6) is 0 Å². The molecule has 0 aliphatic carbocycles. The number of carboxylic acid groups (broad SMARTS) is 1. The number of carbonyl (C=O) groups excluding carboxylic acids is 2. The second kappa shape index (κ2) is 8.98. The number of hydrogen-bond acceptors (Lipinski definition) is 4. The van der Waals surface area contributed by atoms with Crippen molar-refractivity contribution in [3.63, 3.8) is 0 Å². The fourth-order valence-corrected chi connectivity index (χ4v) is 3.08. The third-order valence-electron chi connectivity index (χ3n) is 3.70. The van der Waals surface area contributed by atoms with E-state index in [9.17, 15) is 14.4 Å². The van der Waals surface area contributed by atoms with Crippen LogP contribution in [0.3, 0.4) is 0 Å². The zero-order valence-electron chi connectivity index (χ0n) is 13.8. The Kier molecular flexibility index (Phi) is 6.71. The summed E-state index contributed by atoms with van der Waals surface area (Å²) >= 11 is 1.42. The minimum Gasteiger partial charge on any atom is -0.481 e. The molecule has 0 fully saturated rings. The molecule has 6 nitrogen and oxygen atoms in total. The Morgan fingerprint density at radius 3 is 2.60 bits per heavy atom. The van der Waals surface area contributed by atoms with E-state index in [1.54, 1.807) is 16.8 Å². The van der Waals surface area contributed by atoms with E-state index in [4.69, 9.17) is 5.11 Å². The first-order chi connectivity index (χ1) is 12.0. The highest BCUT2D eigenvalue weighted by Crippen LogP contribution is 2.20. The van der Waals surface area contributed by atoms with Crippen molar-refractivity contribution in [1.29, 1.82) is 0 Å². The zero-order valence-corrected chi connectivity index (χ0v) is 14.6. The van der Waals surface area contributed by atoms with E-state index < -0.39 is 12.0 Å². The molecule has 0 saturated carbocycles. The van der Waals surface area contributed by atoms with Gasteiger partial charge in [0, 0.05) is 23.9 Å². The summed E-state index contributed by atoms with van der Waals surface area (Å²) < 4.78 is 0. The van der Waals surface area contributed by atoms with Crippen LogP contribution in [-0.2, 0) is 9.59 Å². The van der Waals surface area contributed by atoms with Crippen molar-refractivity contribution < 1.29 is 19.5 Å². The molecule has 0 bridgehead atoms. The summed E-state index contributed by atoms with van der Waals surface area (Å²) in [4.78, 5) is 35.0. The summed E-state index contributed by atoms with van der Waals surface area (Å²) in [5, 5.41) is 18.1. The fourth-order valence-electron chi connectivity index (χ4n) is 2.44. The Morgan fingerprint density at radius 1 is 1.20 bits per heavy atom. The normalized spacial score (nSPS) is 11.6. The summed E-state index contributed by atoms with van der Waals surface area (Å²) in [6.07, 6.45) is -0.115. The Hall–Kier alpha value is -2.67. The molecule has 0 spiro atoms. The molecule has 1 aromatic heterocycles. The van der Waals surface area contributed by atoms with Crippen LogP contribution in [0.25, 0.3) is 0 Å². The van der Waals surface area contributed by atoms with E-state index in [1.165, 1.54) is 11.3 Å². The molecule has 1 aromatic carbocycles. The minimum atomic E-state index is -0.987. The zero-order chi connectivity index (χ0) is 18.2. The molecule has 2 aromatic rings. The molecule has 0 radical (unpaired) electrons. The fraction of sp³-hybridized carbons (Fsp3) is 0.278. The average Bonchev–Trinajstić information content (AvgIpc) is 3.08. The van der Waals surface area contributed by atoms with Crippen LogP contribution in [0.1, 0.15) is 40.4 Å². The van der Waals surface area contributed by atoms with Crippen LogP contribution < -0.4 is 10.6 Å². The van der Waals surface area contributed by atoms with Crippen molar-refractivity contribution in [3.05, 3.63) is 57.8 Å². The monoisotopic (exact) mass is 360 g/mol. The molecule has 0 saturated heterocycles. The molecule has 132 valence electrons. The molecule has 25 heavy (non-hydrogen) atoms. The summed E-state index contributed by atoms with van der Waals surface area (Å²) in [6, 6.07) is 8.46. The lowest BCUT2D eigenvalue weighted by atomic mass is 9.98. The van der Waals surface area contributed by atoms with Crippen LogP contribution >= 0.6 is 11.3 Å². The SMILES string of the molecule is Cc1ccccc1C(CC(=O)O)NC(=O)CCNC(=O)c1ccsc1. The van der Waals surface area contributed by atoms with Gasteiger partial charge in [0.2, 0.25) is 5.91 Å². The van der Waals surface area contributed by atoms with E-state index in [0.717, 1.165) is 11.1 Å². The molecule has 2 rings (SSSR count). The smallest absolute Gasteiger partial charge is 0.305 e. The summed E-state index contributed by atoms with van der Waals surface area (Å²) in [5.41, 5.74) is 2.26. The Balaban J connectivity index is 1.90. The Bertz CT molecular complexity index is 743. The second-order valence-corrected chi connectivity index (χ2v) is 6.37. The van der Waals surface area contributed by atoms with Crippen LogP contribution in [-0.4, -0.2) is 29.4 Å². The van der Waals surface area contributed by atoms with E-state index in [2.05, 4.69) is 10.6 Å². The van der Waals surface area contributed by atoms with Crippen LogP contribution in [0, 0.1) is 6.92 Å². The van der Waals surface area contributed by atoms with Crippen LogP contribution in [0.2, 0.25) is 0 Å². The first-order valence-electron chi connectivity index (χ1n) is 7.84. The van der Waals surface area contributed by atoms with Gasteiger partial charge in [-0.25, -0.2) is 0 Å². The lowest BCUT2D eigenvalue weighted by molar-refractivity contribution is -0.137. The van der Waals surface area contributed by atoms with Gasteiger partial charge in [0.15, 0.2) is 0 Å². The van der Waals surface area contributed by atoms with Gasteiger partial charge in [0.05, 0.1) is 12.5 Å². The number of hydrogen-bond donors (Lipinski definition) is 3. The second-order valence-electron chi connectivity index (χ2n) is 5.59. The van der Waals surface area contributed by atoms with Crippen molar-refractivity contribution in [3.8, 4) is 0 Å². The first-order valence-corrected chi connectivity index (χ1v) is 8.78. The lowest BCUT2D eigenvalue weighted by Gasteiger charge is -2.19. The van der Waals surface area contributed by atoms with Crippen LogP contribution in [0.15, 0.2) is 41.1 Å². The van der Waals surface area contributed by atoms with Crippen molar-refractivity contribution in [1.82, 2.24) is 10.6 Å². The molecule has 2 amide bonds. The number of carboxylic acids is 1. The number of rotatable bonds is 8. The predicted molar refractivity (Wildman–Crippen MR) is 95.6 cm³/mol. The topological polar surface area (TPSA) is 95.5 Å². The molecule has 0 aliphatic heterocycles. The van der Waals surface area contributed by atoms with Crippen molar-refractivity contribution in [2.45, 2.75) is 25.8 Å². The molecule has 7 heteroatoms. The maximum absolute atomic E-state index is 12.1. The summed E-state index contributed by atoms with van der Waals surface area (Å²) in [5.74, 6) is -1.52. The third kappa shape index (κ3) is 5.72. The van der Waals surface area contributed by atoms with Crippen molar-refractivity contribution in [2.24, 2.45) is 0 Å². The first kappa shape index (κ1) is 18.7. The number of carbonyl (C=O) groups is 3. The van der Waals surface area contributed by atoms with Gasteiger partial charge in [-0.15, -0.1) is 0 Å². The number of nitrogens with one attached hydrogen (secondary N) is 2. The molecular weight excluding hydrogens is 340 g/mol. The van der Waals surface area contributed by atoms with Gasteiger partial charge in [-0.2, -0.15) is 11.3 Å². The highest BCUT2D eigenvalue weighted by molar-refractivity contribution is 7.08. The number of amides is 2. The van der Waals surface area contributed by atoms with Crippen LogP contribution in [0.4, 0.5) is 0 Å². The maximum atomic E-state index is 12.1. The Morgan fingerprint density at radius 2 is 1.96 bits per heavy atom. The number of aliphatic carboxylic acids is 1. The average molecular weight is 360 g/mol. The molecule has 1 atom stereocenters. The van der Waals surface area contributed by atoms with E-state index >= 15 is 0 Å². The van der Waals surface area contributed by atoms with Gasteiger partial charge in [-0.05, 0) is 29.5 Å². The highest BCUT2D eigenvalue weighted by atomic mass is 32.1. The van der Waals surface area contributed by atoms with E-state index in [1.807, 2.05) is 31.2 Å². The van der Waals surface area contributed by atoms with Gasteiger partial charge in [0.1, 0.15) is 0 Å². The maximum Gasteiger partial charge on any atom is 0.305 e. The molecular formula is C18H20N2O4S. The number of aryl methyl sites for hydroxylation is 1. The minimum absolute atomic E-state index is 0.0812. The van der Waals surface area contributed by atoms with E-state index in [-0.39, 0.29) is 31.2 Å². The Labute approximate surface area is 149 Å². The molecule has 3 N–H and O–H groups in total. The van der Waals surface area contributed by atoms with Crippen molar-refractivity contribution >= 4 is 29.1 Å². The standard InChI is InChI=1S/C18H20N2O4S/c1-12-4-2-3-5-14(12)15(10-17(22)23)20-16(21)6-8-19-18(24)13-7-9-25-11-13/h2-5,7,9,11,15H,6,8,10H2,1H3,(H,19,24)(H,20,21)(H,22,23). The largest absolute Gasteiger partial charge is 0.481 e. The van der Waals surface area contributed by atoms with E-state index in [0.29, 0.717) is 5.56 Å². The summed E-state index contributed by atoms with van der Waals surface area (Å²) in [7, 11) is 0. The lowest BCUT2D eigenvalue weighted by Crippen LogP contribution is -2.34. The number of thiophene rings is 1. The molecule has 0 aliphatic rings. The highest BCUT2D eigenvalue weighted by Gasteiger charge is 2.19. The van der Waals surface area contributed by atoms with Gasteiger partial charge in [-0.3, -0.25) is 14.4 Å². The van der Waals surface area contributed by atoms with Gasteiger partial charge >= 0.3 is 5.97 Å². The predicted octanol–water partition coefficient (Wildman–Crippen LogP) is 2.51. The van der Waals surface area contributed by atoms with Crippen molar-refractivity contribution in [2.75, 3.05) is 6.54 Å². The summed E-state index contributed by atoms with van der Waals surface area (Å²) in [6.45, 7) is 2.06. The van der Waals surface area contributed by atoms with Gasteiger partial charge < -0.3 is 15.7 Å².